The van der Waals surface area contributed by atoms with E-state index in [-0.39, 0.29) is 41.8 Å². The molecule has 1 aromatic rings. The lowest BCUT2D eigenvalue weighted by Gasteiger charge is -2.33. The molecule has 0 bridgehead atoms. The number of alkyl halides is 3. The second kappa shape index (κ2) is 6.51. The minimum absolute atomic E-state index is 0.0665. The van der Waals surface area contributed by atoms with Crippen molar-refractivity contribution in [2.45, 2.75) is 56.5 Å². The Bertz CT molecular complexity index is 844. The number of rotatable bonds is 2. The first-order valence-electron chi connectivity index (χ1n) is 10.2. The molecule has 3 nitrogen and oxygen atoms in total. The van der Waals surface area contributed by atoms with Gasteiger partial charge in [-0.25, -0.2) is 4.39 Å². The number of fused-ring (bicyclic) bond motifs is 2. The van der Waals surface area contributed by atoms with Crippen molar-refractivity contribution in [3.05, 3.63) is 40.9 Å². The first-order valence-corrected chi connectivity index (χ1v) is 10.5. The monoisotopic (exact) mass is 430 g/mol. The summed E-state index contributed by atoms with van der Waals surface area (Å²) in [6.07, 6.45) is 0.619. The van der Waals surface area contributed by atoms with Crippen LogP contribution in [-0.2, 0) is 0 Å². The molecule has 2 aliphatic carbocycles. The van der Waals surface area contributed by atoms with Gasteiger partial charge in [0.15, 0.2) is 5.60 Å². The smallest absolute Gasteiger partial charge is 0.380 e. The van der Waals surface area contributed by atoms with Crippen molar-refractivity contribution < 1.29 is 22.7 Å². The molecule has 1 saturated heterocycles. The Balaban J connectivity index is 1.40. The topological polar surface area (TPSA) is 26.7 Å². The van der Waals surface area contributed by atoms with Gasteiger partial charge in [-0.05, 0) is 68.6 Å². The van der Waals surface area contributed by atoms with Gasteiger partial charge >= 0.3 is 6.18 Å². The van der Waals surface area contributed by atoms with Crippen LogP contribution in [0.1, 0.15) is 38.5 Å². The first-order chi connectivity index (χ1) is 13.7. The number of anilines is 1. The average molecular weight is 431 g/mol. The maximum atomic E-state index is 13.7. The predicted octanol–water partition coefficient (Wildman–Crippen LogP) is 5.29. The highest BCUT2D eigenvalue weighted by Crippen LogP contribution is 2.58. The molecule has 0 radical (unpaired) electrons. The number of benzene rings is 1. The lowest BCUT2D eigenvalue weighted by molar-refractivity contribution is -0.259. The normalized spacial score (nSPS) is 36.6. The number of hydrogen-bond acceptors (Lipinski definition) is 3. The van der Waals surface area contributed by atoms with E-state index in [4.69, 9.17) is 11.6 Å². The molecule has 0 aromatic heterocycles. The van der Waals surface area contributed by atoms with Crippen LogP contribution in [0.2, 0.25) is 5.02 Å². The quantitative estimate of drug-likeness (QED) is 0.646. The first kappa shape index (κ1) is 19.5. The van der Waals surface area contributed by atoms with Crippen LogP contribution < -0.4 is 4.90 Å². The summed E-state index contributed by atoms with van der Waals surface area (Å²) in [5, 5.41) is 10.2. The van der Waals surface area contributed by atoms with Gasteiger partial charge in [-0.15, -0.1) is 0 Å². The van der Waals surface area contributed by atoms with Crippen molar-refractivity contribution in [2.75, 3.05) is 11.4 Å². The van der Waals surface area contributed by atoms with Gasteiger partial charge in [0.1, 0.15) is 12.0 Å². The summed E-state index contributed by atoms with van der Waals surface area (Å²) in [5.74, 6) is -0.578. The molecule has 3 unspecified atom stereocenters. The van der Waals surface area contributed by atoms with Crippen molar-refractivity contribution in [2.24, 2.45) is 17.8 Å². The van der Waals surface area contributed by atoms with Crippen molar-refractivity contribution in [1.29, 1.82) is 0 Å². The Morgan fingerprint density at radius 1 is 1.14 bits per heavy atom. The number of halogens is 5. The molecular weight excluding hydrogens is 408 g/mol. The van der Waals surface area contributed by atoms with Gasteiger partial charge in [0.05, 0.1) is 5.02 Å². The van der Waals surface area contributed by atoms with Crippen molar-refractivity contribution in [3.8, 4) is 0 Å². The maximum Gasteiger partial charge on any atom is 0.417 e. The lowest BCUT2D eigenvalue weighted by atomic mass is 9.92. The summed E-state index contributed by atoms with van der Waals surface area (Å²) in [6, 6.07) is 4.71. The summed E-state index contributed by atoms with van der Waals surface area (Å²) in [6.45, 7) is 0.937. The third-order valence-electron chi connectivity index (χ3n) is 7.30. The highest BCUT2D eigenvalue weighted by Gasteiger charge is 2.62. The lowest BCUT2D eigenvalue weighted by Crippen LogP contribution is -2.43. The van der Waals surface area contributed by atoms with Crippen LogP contribution >= 0.6 is 11.6 Å². The molecule has 1 aromatic carbocycles. The molecule has 158 valence electrons. The molecule has 3 fully saturated rings. The predicted molar refractivity (Wildman–Crippen MR) is 102 cm³/mol. The zero-order valence-corrected chi connectivity index (χ0v) is 16.6. The Labute approximate surface area is 171 Å². The minimum atomic E-state index is -4.57. The molecule has 29 heavy (non-hydrogen) atoms. The van der Waals surface area contributed by atoms with E-state index in [2.05, 4.69) is 16.0 Å². The summed E-state index contributed by atoms with van der Waals surface area (Å²) >= 11 is 6.03. The number of hydrogen-bond donors (Lipinski definition) is 1. The van der Waals surface area contributed by atoms with E-state index in [1.165, 1.54) is 6.07 Å². The Hall–Kier alpha value is -1.47. The number of nitrogens with zero attached hydrogens (tertiary/aromatic N) is 2. The Morgan fingerprint density at radius 2 is 1.83 bits per heavy atom. The van der Waals surface area contributed by atoms with Crippen LogP contribution in [0, 0.1) is 23.6 Å². The van der Waals surface area contributed by atoms with Gasteiger partial charge in [-0.3, -0.25) is 0 Å². The molecule has 1 N–H and O–H groups in total. The van der Waals surface area contributed by atoms with Gasteiger partial charge in [-0.1, -0.05) is 11.6 Å². The number of aliphatic hydroxyl groups is 1. The van der Waals surface area contributed by atoms with E-state index in [9.17, 15) is 22.7 Å². The Morgan fingerprint density at radius 3 is 2.45 bits per heavy atom. The third-order valence-corrected chi connectivity index (χ3v) is 7.59. The molecule has 3 atom stereocenters. The van der Waals surface area contributed by atoms with Gasteiger partial charge in [-0.2, -0.15) is 13.2 Å². The summed E-state index contributed by atoms with van der Waals surface area (Å²) in [5.41, 5.74) is -0.634. The fourth-order valence-electron chi connectivity index (χ4n) is 6.00. The molecule has 5 rings (SSSR count). The molecule has 0 spiro atoms. The maximum absolute atomic E-state index is 13.7. The summed E-state index contributed by atoms with van der Waals surface area (Å²) in [7, 11) is 0. The molecule has 2 heterocycles. The minimum Gasteiger partial charge on any atom is -0.380 e. The largest absolute Gasteiger partial charge is 0.417 e. The molecule has 0 amide bonds. The van der Waals surface area contributed by atoms with Crippen LogP contribution in [0.3, 0.4) is 0 Å². The van der Waals surface area contributed by atoms with E-state index in [1.807, 2.05) is 0 Å². The fraction of sp³-hybridized carbons (Fsp3) is 0.619. The molecule has 2 aliphatic heterocycles. The van der Waals surface area contributed by atoms with Crippen LogP contribution in [0.15, 0.2) is 30.1 Å². The van der Waals surface area contributed by atoms with E-state index in [0.717, 1.165) is 30.8 Å². The van der Waals surface area contributed by atoms with Crippen molar-refractivity contribution in [1.82, 2.24) is 4.90 Å². The molecule has 4 aliphatic rings. The van der Waals surface area contributed by atoms with Gasteiger partial charge in [0.2, 0.25) is 0 Å². The van der Waals surface area contributed by atoms with Crippen molar-refractivity contribution >= 4 is 17.3 Å². The van der Waals surface area contributed by atoms with Crippen LogP contribution in [0.4, 0.5) is 23.2 Å². The summed E-state index contributed by atoms with van der Waals surface area (Å²) in [4.78, 5) is 4.47. The van der Waals surface area contributed by atoms with E-state index < -0.39 is 17.6 Å². The summed E-state index contributed by atoms with van der Waals surface area (Å²) < 4.78 is 53.4. The molecule has 8 heteroatoms. The zero-order valence-electron chi connectivity index (χ0n) is 15.8. The van der Waals surface area contributed by atoms with E-state index in [0.29, 0.717) is 12.8 Å². The van der Waals surface area contributed by atoms with Crippen LogP contribution in [0.5, 0.6) is 0 Å². The van der Waals surface area contributed by atoms with Crippen LogP contribution in [-0.4, -0.2) is 34.5 Å². The van der Waals surface area contributed by atoms with Gasteiger partial charge in [0, 0.05) is 30.0 Å². The van der Waals surface area contributed by atoms with E-state index in [1.54, 1.807) is 12.1 Å². The second-order valence-corrected chi connectivity index (χ2v) is 9.42. The second-order valence-electron chi connectivity index (χ2n) is 9.01. The average Bonchev–Trinajstić information content (AvgIpc) is 3.34. The van der Waals surface area contributed by atoms with Gasteiger partial charge in [0.25, 0.3) is 0 Å². The highest BCUT2D eigenvalue weighted by molar-refractivity contribution is 6.31. The van der Waals surface area contributed by atoms with Gasteiger partial charge < -0.3 is 14.9 Å². The third kappa shape index (κ3) is 3.03. The van der Waals surface area contributed by atoms with Crippen molar-refractivity contribution in [3.63, 3.8) is 0 Å². The fourth-order valence-corrected chi connectivity index (χ4v) is 6.17. The van der Waals surface area contributed by atoms with E-state index >= 15 is 0 Å². The standard InChI is InChI=1S/C21H23ClF4N2O/c22-16-8-15(3-4-17(16)23)28-18(11-27-5-1-2-19(27)28)12-6-13-9-20(29,21(24,25)26)10-14(13)7-12/h3-4,8,11-14,19,29H,1-2,5-7,9-10H2. The molecule has 2 saturated carbocycles. The Kier molecular flexibility index (Phi) is 4.38. The number of allylic oxidation sites excluding steroid dienone is 1. The SMILES string of the molecule is OC1(C(F)(F)F)CC2CC(C3=CN4CCCC4N3c3ccc(F)c(Cl)c3)CC2C1. The highest BCUT2D eigenvalue weighted by atomic mass is 35.5. The van der Waals surface area contributed by atoms with Crippen LogP contribution in [0.25, 0.3) is 0 Å². The molecular formula is C21H23ClF4N2O. The zero-order chi connectivity index (χ0) is 20.6.